The van der Waals surface area contributed by atoms with Gasteiger partial charge in [-0.05, 0) is 44.0 Å². The van der Waals surface area contributed by atoms with E-state index in [-0.39, 0.29) is 18.1 Å². The molecular weight excluding hydrogens is 296 g/mol. The van der Waals surface area contributed by atoms with E-state index in [1.807, 2.05) is 19.9 Å². The van der Waals surface area contributed by atoms with Gasteiger partial charge >= 0.3 is 5.97 Å². The molecule has 3 N–H and O–H groups in total. The number of aryl methyl sites for hydroxylation is 2. The number of carbonyl (C=O) groups is 3. The average molecular weight is 320 g/mol. The molecule has 1 aromatic carbocycles. The average Bonchev–Trinajstić information content (AvgIpc) is 2.47. The fraction of sp³-hybridized carbons (Fsp3) is 0.471. The van der Waals surface area contributed by atoms with Crippen LogP contribution in [0.15, 0.2) is 18.2 Å². The number of carboxylic acid groups (broad SMARTS) is 1. The molecule has 1 atom stereocenters. The first-order valence-corrected chi connectivity index (χ1v) is 7.62. The summed E-state index contributed by atoms with van der Waals surface area (Å²) in [4.78, 5) is 34.3. The molecule has 6 nitrogen and oxygen atoms in total. The van der Waals surface area contributed by atoms with Crippen LogP contribution < -0.4 is 10.6 Å². The number of ketones is 1. The quantitative estimate of drug-likeness (QED) is 0.473. The highest BCUT2D eigenvalue weighted by atomic mass is 16.4. The maximum Gasteiger partial charge on any atom is 0.305 e. The predicted molar refractivity (Wildman–Crippen MR) is 87.6 cm³/mol. The summed E-state index contributed by atoms with van der Waals surface area (Å²) in [5, 5.41) is 14.6. The molecular formula is C17H24N2O4. The van der Waals surface area contributed by atoms with E-state index in [2.05, 4.69) is 10.6 Å². The van der Waals surface area contributed by atoms with E-state index in [1.165, 1.54) is 6.92 Å². The van der Waals surface area contributed by atoms with Crippen molar-refractivity contribution in [2.45, 2.75) is 39.7 Å². The van der Waals surface area contributed by atoms with E-state index < -0.39 is 12.0 Å². The van der Waals surface area contributed by atoms with E-state index in [1.54, 1.807) is 12.1 Å². The number of aliphatic carboxylic acids is 1. The summed E-state index contributed by atoms with van der Waals surface area (Å²) in [5.74, 6) is -1.37. The van der Waals surface area contributed by atoms with E-state index in [0.29, 0.717) is 25.1 Å². The maximum absolute atomic E-state index is 12.5. The van der Waals surface area contributed by atoms with Crippen molar-refractivity contribution in [1.29, 1.82) is 0 Å². The van der Waals surface area contributed by atoms with Crippen LogP contribution in [0.2, 0.25) is 0 Å². The molecule has 126 valence electrons. The molecule has 0 fully saturated rings. The summed E-state index contributed by atoms with van der Waals surface area (Å²) in [5.41, 5.74) is 2.59. The summed E-state index contributed by atoms with van der Waals surface area (Å²) >= 11 is 0. The molecule has 1 aromatic rings. The molecule has 0 bridgehead atoms. The molecule has 0 aromatic heterocycles. The Morgan fingerprint density at radius 3 is 2.39 bits per heavy atom. The second kappa shape index (κ2) is 9.05. The molecule has 0 aliphatic rings. The van der Waals surface area contributed by atoms with Gasteiger partial charge in [-0.2, -0.15) is 0 Å². The number of amides is 1. The summed E-state index contributed by atoms with van der Waals surface area (Å²) < 4.78 is 0. The molecule has 0 aliphatic carbocycles. The van der Waals surface area contributed by atoms with Crippen LogP contribution >= 0.6 is 0 Å². The molecule has 0 spiro atoms. The highest BCUT2D eigenvalue weighted by Gasteiger charge is 2.22. The second-order valence-corrected chi connectivity index (χ2v) is 5.60. The summed E-state index contributed by atoms with van der Waals surface area (Å²) in [6.45, 7) is 6.25. The minimum absolute atomic E-state index is 0.113. The van der Waals surface area contributed by atoms with E-state index >= 15 is 0 Å². The first-order valence-electron chi connectivity index (χ1n) is 7.62. The van der Waals surface area contributed by atoms with Crippen molar-refractivity contribution in [2.24, 2.45) is 0 Å². The van der Waals surface area contributed by atoms with Crippen molar-refractivity contribution in [2.75, 3.05) is 13.1 Å². The molecule has 23 heavy (non-hydrogen) atoms. The number of nitrogens with one attached hydrogen (secondary N) is 2. The Hall–Kier alpha value is -2.21. The highest BCUT2D eigenvalue weighted by Crippen LogP contribution is 2.13. The summed E-state index contributed by atoms with van der Waals surface area (Å²) in [6.07, 6.45) is 0.349. The first kappa shape index (κ1) is 18.8. The van der Waals surface area contributed by atoms with Gasteiger partial charge < -0.3 is 15.7 Å². The van der Waals surface area contributed by atoms with Crippen molar-refractivity contribution < 1.29 is 19.5 Å². The lowest BCUT2D eigenvalue weighted by atomic mass is 9.98. The Morgan fingerprint density at radius 1 is 1.13 bits per heavy atom. The third-order valence-electron chi connectivity index (χ3n) is 3.60. The molecule has 0 heterocycles. The molecule has 0 saturated carbocycles. The molecule has 1 unspecified atom stereocenters. The third kappa shape index (κ3) is 6.61. The number of carboxylic acids is 1. The van der Waals surface area contributed by atoms with Crippen molar-refractivity contribution in [3.8, 4) is 0 Å². The van der Waals surface area contributed by atoms with Gasteiger partial charge in [0.2, 0.25) is 5.91 Å². The normalized spacial score (nSPS) is 11.8. The molecule has 0 radical (unpaired) electrons. The second-order valence-electron chi connectivity index (χ2n) is 5.60. The van der Waals surface area contributed by atoms with E-state index in [0.717, 1.165) is 11.1 Å². The standard InChI is InChI=1S/C17H24N2O4/c1-11-5-6-14(9-12(11)2)17(23)15(10-16(21)22)19-8-4-7-18-13(3)20/h5-6,9,15,19H,4,7-8,10H2,1-3H3,(H,18,20)(H,21,22). The van der Waals surface area contributed by atoms with Gasteiger partial charge in [-0.3, -0.25) is 14.4 Å². The molecule has 0 saturated heterocycles. The van der Waals surface area contributed by atoms with Crippen LogP contribution in [-0.4, -0.2) is 41.9 Å². The van der Waals surface area contributed by atoms with Gasteiger partial charge in [0.15, 0.2) is 5.78 Å². The fourth-order valence-electron chi connectivity index (χ4n) is 2.16. The maximum atomic E-state index is 12.5. The van der Waals surface area contributed by atoms with Gasteiger partial charge in [0.25, 0.3) is 0 Å². The van der Waals surface area contributed by atoms with Crippen LogP contribution in [0.1, 0.15) is 41.3 Å². The number of benzene rings is 1. The minimum Gasteiger partial charge on any atom is -0.481 e. The van der Waals surface area contributed by atoms with Crippen molar-refractivity contribution in [3.05, 3.63) is 34.9 Å². The summed E-state index contributed by atoms with van der Waals surface area (Å²) in [7, 11) is 0. The number of hydrogen-bond acceptors (Lipinski definition) is 4. The van der Waals surface area contributed by atoms with Gasteiger partial charge in [-0.25, -0.2) is 0 Å². The Labute approximate surface area is 136 Å². The molecule has 6 heteroatoms. The van der Waals surface area contributed by atoms with Crippen molar-refractivity contribution in [3.63, 3.8) is 0 Å². The largest absolute Gasteiger partial charge is 0.481 e. The Bertz CT molecular complexity index is 584. The Balaban J connectivity index is 2.68. The predicted octanol–water partition coefficient (Wildman–Crippen LogP) is 1.45. The number of rotatable bonds is 9. The number of carbonyl (C=O) groups excluding carboxylic acids is 2. The van der Waals surface area contributed by atoms with Crippen LogP contribution in [0.4, 0.5) is 0 Å². The number of hydrogen-bond donors (Lipinski definition) is 3. The Morgan fingerprint density at radius 2 is 1.83 bits per heavy atom. The SMILES string of the molecule is CC(=O)NCCCNC(CC(=O)O)C(=O)c1ccc(C)c(C)c1. The lowest BCUT2D eigenvalue weighted by Gasteiger charge is -2.16. The van der Waals surface area contributed by atoms with Gasteiger partial charge in [0.05, 0.1) is 12.5 Å². The van der Waals surface area contributed by atoms with Crippen LogP contribution in [-0.2, 0) is 9.59 Å². The lowest BCUT2D eigenvalue weighted by Crippen LogP contribution is -2.40. The monoisotopic (exact) mass is 320 g/mol. The number of Topliss-reactive ketones (excluding diaryl/α,β-unsaturated/α-hetero) is 1. The van der Waals surface area contributed by atoms with Crippen molar-refractivity contribution in [1.82, 2.24) is 10.6 Å². The molecule has 1 amide bonds. The smallest absolute Gasteiger partial charge is 0.305 e. The minimum atomic E-state index is -1.03. The summed E-state index contributed by atoms with van der Waals surface area (Å²) in [6, 6.07) is 4.59. The first-order chi connectivity index (χ1) is 10.8. The van der Waals surface area contributed by atoms with Crippen LogP contribution in [0.5, 0.6) is 0 Å². The van der Waals surface area contributed by atoms with Crippen LogP contribution in [0.3, 0.4) is 0 Å². The van der Waals surface area contributed by atoms with E-state index in [4.69, 9.17) is 5.11 Å². The van der Waals surface area contributed by atoms with E-state index in [9.17, 15) is 14.4 Å². The third-order valence-corrected chi connectivity index (χ3v) is 3.60. The van der Waals surface area contributed by atoms with Gasteiger partial charge in [-0.1, -0.05) is 12.1 Å². The zero-order valence-electron chi connectivity index (χ0n) is 13.8. The topological polar surface area (TPSA) is 95.5 Å². The van der Waals surface area contributed by atoms with Crippen molar-refractivity contribution >= 4 is 17.7 Å². The Kier molecular flexibility index (Phi) is 7.41. The fourth-order valence-corrected chi connectivity index (χ4v) is 2.16. The van der Waals surface area contributed by atoms with Crippen LogP contribution in [0, 0.1) is 13.8 Å². The molecule has 1 rings (SSSR count). The van der Waals surface area contributed by atoms with Gasteiger partial charge in [0.1, 0.15) is 0 Å². The zero-order valence-corrected chi connectivity index (χ0v) is 13.8. The zero-order chi connectivity index (χ0) is 17.4. The highest BCUT2D eigenvalue weighted by molar-refractivity contribution is 6.01. The van der Waals surface area contributed by atoms with Gasteiger partial charge in [-0.15, -0.1) is 0 Å². The van der Waals surface area contributed by atoms with Gasteiger partial charge in [0, 0.05) is 19.0 Å². The lowest BCUT2D eigenvalue weighted by molar-refractivity contribution is -0.137. The van der Waals surface area contributed by atoms with Crippen LogP contribution in [0.25, 0.3) is 0 Å². The molecule has 0 aliphatic heterocycles.